The molecule has 1 saturated heterocycles. The summed E-state index contributed by atoms with van der Waals surface area (Å²) < 4.78 is 10.6. The molecule has 7 nitrogen and oxygen atoms in total. The van der Waals surface area contributed by atoms with Crippen molar-refractivity contribution in [2.24, 2.45) is 9.98 Å². The van der Waals surface area contributed by atoms with Crippen molar-refractivity contribution in [3.05, 3.63) is 53.1 Å². The number of anilines is 1. The monoisotopic (exact) mass is 500 g/mol. The van der Waals surface area contributed by atoms with E-state index in [1.807, 2.05) is 29.2 Å². The lowest BCUT2D eigenvalue weighted by Gasteiger charge is -2.35. The minimum atomic E-state index is -0.509. The molecule has 2 heterocycles. The first-order chi connectivity index (χ1) is 16.5. The van der Waals surface area contributed by atoms with Crippen LogP contribution in [0.5, 0.6) is 11.5 Å². The van der Waals surface area contributed by atoms with Gasteiger partial charge in [0.2, 0.25) is 0 Å². The lowest BCUT2D eigenvalue weighted by atomic mass is 9.98. The smallest absolute Gasteiger partial charge is 0.321 e. The van der Waals surface area contributed by atoms with E-state index < -0.39 is 5.66 Å². The van der Waals surface area contributed by atoms with Gasteiger partial charge in [-0.1, -0.05) is 30.7 Å². The maximum Gasteiger partial charge on any atom is 0.321 e. The van der Waals surface area contributed by atoms with Gasteiger partial charge in [-0.15, -0.1) is 11.8 Å². The number of carbonyl (C=O) groups excluding carboxylic acids is 1. The number of likely N-dealkylation sites (tertiary alicyclic amines) is 1. The number of amides is 2. The Hall–Kier alpha value is -2.71. The molecule has 2 aliphatic heterocycles. The van der Waals surface area contributed by atoms with Gasteiger partial charge in [-0.3, -0.25) is 4.99 Å². The fraction of sp³-hybridized carbons (Fsp3) is 0.400. The maximum atomic E-state index is 12.9. The number of rotatable bonds is 6. The Bertz CT molecular complexity index is 1100. The zero-order valence-electron chi connectivity index (χ0n) is 19.6. The molecule has 2 aliphatic rings. The van der Waals surface area contributed by atoms with E-state index in [-0.39, 0.29) is 6.03 Å². The van der Waals surface area contributed by atoms with Gasteiger partial charge in [0.1, 0.15) is 5.04 Å². The van der Waals surface area contributed by atoms with Gasteiger partial charge < -0.3 is 19.7 Å². The van der Waals surface area contributed by atoms with E-state index in [0.29, 0.717) is 48.1 Å². The molecular formula is C25H29ClN4O3S. The molecule has 0 aliphatic carbocycles. The second-order valence-corrected chi connectivity index (χ2v) is 9.72. The van der Waals surface area contributed by atoms with Gasteiger partial charge in [-0.05, 0) is 36.4 Å². The number of thioether (sulfide) groups is 1. The minimum Gasteiger partial charge on any atom is -0.493 e. The van der Waals surface area contributed by atoms with Crippen molar-refractivity contribution in [3.8, 4) is 11.5 Å². The number of methoxy groups -OCH3 is 2. The Kier molecular flexibility index (Phi) is 7.68. The zero-order chi connectivity index (χ0) is 24.1. The molecule has 4 rings (SSSR count). The largest absolute Gasteiger partial charge is 0.493 e. The maximum absolute atomic E-state index is 12.9. The molecule has 0 saturated carbocycles. The molecule has 0 atom stereocenters. The molecule has 34 heavy (non-hydrogen) atoms. The fourth-order valence-corrected chi connectivity index (χ4v) is 5.08. The predicted molar refractivity (Wildman–Crippen MR) is 140 cm³/mol. The van der Waals surface area contributed by atoms with Crippen molar-refractivity contribution in [2.45, 2.75) is 31.8 Å². The third-order valence-corrected chi connectivity index (χ3v) is 7.30. The number of ether oxygens (including phenoxy) is 2. The summed E-state index contributed by atoms with van der Waals surface area (Å²) in [6.07, 6.45) is 2.42. The summed E-state index contributed by atoms with van der Waals surface area (Å²) in [5, 5.41) is 4.64. The highest BCUT2D eigenvalue weighted by Gasteiger charge is 2.40. The van der Waals surface area contributed by atoms with Crippen molar-refractivity contribution in [1.29, 1.82) is 0 Å². The molecule has 2 aromatic carbocycles. The number of urea groups is 1. The van der Waals surface area contributed by atoms with Crippen molar-refractivity contribution in [1.82, 2.24) is 4.90 Å². The highest BCUT2D eigenvalue weighted by Crippen LogP contribution is 2.36. The Morgan fingerprint density at radius 2 is 1.79 bits per heavy atom. The lowest BCUT2D eigenvalue weighted by Crippen LogP contribution is -2.46. The number of nitrogens with one attached hydrogen (secondary N) is 1. The van der Waals surface area contributed by atoms with E-state index in [0.717, 1.165) is 28.5 Å². The lowest BCUT2D eigenvalue weighted by molar-refractivity contribution is 0.175. The standard InChI is InChI=1S/C25H29ClN4O3S/c1-4-15-34-23-22(17-5-7-18(26)8-6-17)28-25(29-23)11-13-30(14-12-25)24(31)27-19-9-10-20(32-2)21(16-19)33-3/h5-10,16H,4,11-15H2,1-3H3,(H,27,31). The van der Waals surface area contributed by atoms with E-state index in [1.54, 1.807) is 44.2 Å². The van der Waals surface area contributed by atoms with Gasteiger partial charge in [0.15, 0.2) is 17.2 Å². The molecule has 0 aromatic heterocycles. The van der Waals surface area contributed by atoms with Crippen LogP contribution < -0.4 is 14.8 Å². The van der Waals surface area contributed by atoms with E-state index in [9.17, 15) is 4.79 Å². The summed E-state index contributed by atoms with van der Waals surface area (Å²) in [7, 11) is 3.15. The predicted octanol–water partition coefficient (Wildman–Crippen LogP) is 5.73. The molecule has 9 heteroatoms. The summed E-state index contributed by atoms with van der Waals surface area (Å²) in [5.74, 6) is 2.17. The number of aliphatic imine (C=N–C) groups is 2. The third kappa shape index (κ3) is 5.33. The first kappa shape index (κ1) is 24.4. The van der Waals surface area contributed by atoms with E-state index in [4.69, 9.17) is 31.1 Å². The average Bonchev–Trinajstić information content (AvgIpc) is 3.21. The van der Waals surface area contributed by atoms with Crippen LogP contribution in [0.25, 0.3) is 0 Å². The van der Waals surface area contributed by atoms with E-state index in [1.165, 1.54) is 0 Å². The molecule has 1 fully saturated rings. The fourth-order valence-electron chi connectivity index (χ4n) is 4.03. The number of piperidine rings is 1. The van der Waals surface area contributed by atoms with Gasteiger partial charge in [-0.25, -0.2) is 9.79 Å². The summed E-state index contributed by atoms with van der Waals surface area (Å²) in [4.78, 5) is 24.9. The van der Waals surface area contributed by atoms with Gasteiger partial charge in [0.25, 0.3) is 0 Å². The number of benzene rings is 2. The quantitative estimate of drug-likeness (QED) is 0.550. The van der Waals surface area contributed by atoms with E-state index in [2.05, 4.69) is 12.2 Å². The van der Waals surface area contributed by atoms with Crippen molar-refractivity contribution < 1.29 is 14.3 Å². The highest BCUT2D eigenvalue weighted by atomic mass is 35.5. The van der Waals surface area contributed by atoms with Gasteiger partial charge in [0, 0.05) is 48.3 Å². The van der Waals surface area contributed by atoms with Crippen LogP contribution in [0.2, 0.25) is 5.02 Å². The van der Waals surface area contributed by atoms with Crippen molar-refractivity contribution >= 4 is 45.8 Å². The van der Waals surface area contributed by atoms with E-state index >= 15 is 0 Å². The van der Waals surface area contributed by atoms with Crippen LogP contribution >= 0.6 is 23.4 Å². The molecule has 180 valence electrons. The highest BCUT2D eigenvalue weighted by molar-refractivity contribution is 8.15. The van der Waals surface area contributed by atoms with Gasteiger partial charge in [0.05, 0.1) is 19.9 Å². The van der Waals surface area contributed by atoms with Crippen LogP contribution in [0.4, 0.5) is 10.5 Å². The molecule has 0 radical (unpaired) electrons. The van der Waals surface area contributed by atoms with Crippen LogP contribution in [-0.4, -0.2) is 60.4 Å². The van der Waals surface area contributed by atoms with Crippen LogP contribution in [-0.2, 0) is 0 Å². The summed E-state index contributed by atoms with van der Waals surface area (Å²) >= 11 is 7.83. The Balaban J connectivity index is 1.45. The third-order valence-electron chi connectivity index (χ3n) is 5.88. The second kappa shape index (κ2) is 10.7. The number of nitrogens with zero attached hydrogens (tertiary/aromatic N) is 3. The topological polar surface area (TPSA) is 75.5 Å². The van der Waals surface area contributed by atoms with Crippen LogP contribution in [0.1, 0.15) is 31.7 Å². The first-order valence-electron chi connectivity index (χ1n) is 11.3. The Labute approximate surface area is 209 Å². The number of hydrogen-bond donors (Lipinski definition) is 1. The van der Waals surface area contributed by atoms with Crippen LogP contribution in [0.15, 0.2) is 52.4 Å². The molecule has 0 unspecified atom stereocenters. The molecule has 2 aromatic rings. The van der Waals surface area contributed by atoms with Crippen molar-refractivity contribution in [2.75, 3.05) is 38.4 Å². The van der Waals surface area contributed by atoms with Crippen LogP contribution in [0.3, 0.4) is 0 Å². The van der Waals surface area contributed by atoms with Gasteiger partial charge >= 0.3 is 6.03 Å². The SMILES string of the molecule is CCCSC1=NC2(CCN(C(=O)Nc3ccc(OC)c(OC)c3)CC2)N=C1c1ccc(Cl)cc1. The summed E-state index contributed by atoms with van der Waals surface area (Å²) in [5.41, 5.74) is 2.10. The van der Waals surface area contributed by atoms with Crippen LogP contribution in [0, 0.1) is 0 Å². The molecule has 1 spiro atoms. The second-order valence-electron chi connectivity index (χ2n) is 8.20. The summed E-state index contributed by atoms with van der Waals surface area (Å²) in [6.45, 7) is 3.31. The molecule has 0 bridgehead atoms. The average molecular weight is 501 g/mol. The summed E-state index contributed by atoms with van der Waals surface area (Å²) in [6, 6.07) is 12.9. The number of hydrogen-bond acceptors (Lipinski definition) is 6. The number of halogens is 1. The minimum absolute atomic E-state index is 0.147. The normalized spacial score (nSPS) is 16.8. The number of carbonyl (C=O) groups is 1. The first-order valence-corrected chi connectivity index (χ1v) is 12.7. The zero-order valence-corrected chi connectivity index (χ0v) is 21.2. The van der Waals surface area contributed by atoms with Gasteiger partial charge in [-0.2, -0.15) is 0 Å². The Morgan fingerprint density at radius 1 is 1.09 bits per heavy atom. The molecule has 2 amide bonds. The molecule has 1 N–H and O–H groups in total. The van der Waals surface area contributed by atoms with Crippen molar-refractivity contribution in [3.63, 3.8) is 0 Å². The molecular weight excluding hydrogens is 472 g/mol. The Morgan fingerprint density at radius 3 is 2.44 bits per heavy atom.